The van der Waals surface area contributed by atoms with Gasteiger partial charge in [0.1, 0.15) is 0 Å². The van der Waals surface area contributed by atoms with E-state index in [2.05, 4.69) is 22.3 Å². The molecule has 0 saturated carbocycles. The summed E-state index contributed by atoms with van der Waals surface area (Å²) in [6, 6.07) is 19.9. The monoisotopic (exact) mass is 379 g/mol. The Balaban J connectivity index is 1.29. The lowest BCUT2D eigenvalue weighted by Gasteiger charge is -2.15. The van der Waals surface area contributed by atoms with Crippen LogP contribution in [0, 0.1) is 0 Å². The number of carbonyl (C=O) groups is 1. The standard InChI is InChI=1S/C21H21N3O2S/c25-19(12-14-27-18-9-5-2-6-10-18)24-13-11-17(15-24)20-22-21(26-23-20)16-7-3-1-4-8-16/h1-10,17H,11-15H2/t17-/m1/s1. The molecule has 6 heteroatoms. The molecule has 4 rings (SSSR count). The fourth-order valence-electron chi connectivity index (χ4n) is 3.23. The van der Waals surface area contributed by atoms with E-state index in [4.69, 9.17) is 4.52 Å². The number of nitrogens with zero attached hydrogens (tertiary/aromatic N) is 3. The molecular weight excluding hydrogens is 358 g/mol. The highest BCUT2D eigenvalue weighted by Crippen LogP contribution is 2.28. The lowest BCUT2D eigenvalue weighted by molar-refractivity contribution is -0.129. The van der Waals surface area contributed by atoms with Crippen molar-refractivity contribution in [1.29, 1.82) is 0 Å². The Morgan fingerprint density at radius 2 is 1.85 bits per heavy atom. The van der Waals surface area contributed by atoms with E-state index in [1.165, 1.54) is 4.90 Å². The molecule has 1 aliphatic rings. The molecule has 1 amide bonds. The number of hydrogen-bond donors (Lipinski definition) is 0. The summed E-state index contributed by atoms with van der Waals surface area (Å²) in [6.07, 6.45) is 1.43. The van der Waals surface area contributed by atoms with Gasteiger partial charge in [-0.15, -0.1) is 11.8 Å². The van der Waals surface area contributed by atoms with E-state index < -0.39 is 0 Å². The minimum Gasteiger partial charge on any atom is -0.342 e. The molecule has 1 atom stereocenters. The normalized spacial score (nSPS) is 16.6. The van der Waals surface area contributed by atoms with E-state index in [0.717, 1.165) is 24.3 Å². The highest BCUT2D eigenvalue weighted by atomic mass is 32.2. The molecule has 0 aliphatic carbocycles. The molecule has 2 heterocycles. The number of likely N-dealkylation sites (tertiary alicyclic amines) is 1. The smallest absolute Gasteiger partial charge is 0.257 e. The van der Waals surface area contributed by atoms with Crippen LogP contribution in [0.1, 0.15) is 24.6 Å². The van der Waals surface area contributed by atoms with Crippen LogP contribution in [0.4, 0.5) is 0 Å². The van der Waals surface area contributed by atoms with Crippen molar-refractivity contribution in [1.82, 2.24) is 15.0 Å². The first-order valence-electron chi connectivity index (χ1n) is 9.14. The Hall–Kier alpha value is -2.60. The average molecular weight is 379 g/mol. The van der Waals surface area contributed by atoms with Gasteiger partial charge >= 0.3 is 0 Å². The van der Waals surface area contributed by atoms with Gasteiger partial charge in [0.25, 0.3) is 5.89 Å². The van der Waals surface area contributed by atoms with Gasteiger partial charge in [0.2, 0.25) is 5.91 Å². The van der Waals surface area contributed by atoms with Gasteiger partial charge in [0.15, 0.2) is 5.82 Å². The largest absolute Gasteiger partial charge is 0.342 e. The van der Waals surface area contributed by atoms with Crippen molar-refractivity contribution in [3.63, 3.8) is 0 Å². The van der Waals surface area contributed by atoms with Crippen molar-refractivity contribution < 1.29 is 9.32 Å². The molecule has 27 heavy (non-hydrogen) atoms. The Morgan fingerprint density at radius 1 is 1.11 bits per heavy atom. The first-order valence-corrected chi connectivity index (χ1v) is 10.1. The molecule has 1 aliphatic heterocycles. The van der Waals surface area contributed by atoms with Gasteiger partial charge in [-0.05, 0) is 30.7 Å². The van der Waals surface area contributed by atoms with Crippen molar-refractivity contribution >= 4 is 17.7 Å². The van der Waals surface area contributed by atoms with E-state index in [1.54, 1.807) is 11.8 Å². The van der Waals surface area contributed by atoms with Crippen LogP contribution in [0.15, 0.2) is 70.1 Å². The zero-order valence-corrected chi connectivity index (χ0v) is 15.8. The highest BCUT2D eigenvalue weighted by Gasteiger charge is 2.30. The third-order valence-electron chi connectivity index (χ3n) is 4.70. The molecule has 1 fully saturated rings. The summed E-state index contributed by atoms with van der Waals surface area (Å²) in [5.74, 6) is 2.38. The SMILES string of the molecule is O=C(CCSc1ccccc1)N1CC[C@@H](c2noc(-c3ccccc3)n2)C1. The minimum absolute atomic E-state index is 0.150. The Labute approximate surface area is 162 Å². The third kappa shape index (κ3) is 4.39. The van der Waals surface area contributed by atoms with Crippen molar-refractivity contribution in [2.75, 3.05) is 18.8 Å². The van der Waals surface area contributed by atoms with Gasteiger partial charge in [-0.3, -0.25) is 4.79 Å². The summed E-state index contributed by atoms with van der Waals surface area (Å²) in [4.78, 5) is 20.1. The van der Waals surface area contributed by atoms with Crippen LogP contribution in [0.25, 0.3) is 11.5 Å². The van der Waals surface area contributed by atoms with Gasteiger partial charge in [0, 0.05) is 41.6 Å². The van der Waals surface area contributed by atoms with Crippen LogP contribution in [-0.2, 0) is 4.79 Å². The number of thioether (sulfide) groups is 1. The van der Waals surface area contributed by atoms with Crippen LogP contribution < -0.4 is 0 Å². The molecule has 138 valence electrons. The molecule has 0 spiro atoms. The van der Waals surface area contributed by atoms with Crippen molar-refractivity contribution in [2.45, 2.75) is 23.7 Å². The molecule has 2 aromatic carbocycles. The number of benzene rings is 2. The summed E-state index contributed by atoms with van der Waals surface area (Å²) < 4.78 is 5.40. The fourth-order valence-corrected chi connectivity index (χ4v) is 4.09. The van der Waals surface area contributed by atoms with Gasteiger partial charge in [-0.1, -0.05) is 41.6 Å². The highest BCUT2D eigenvalue weighted by molar-refractivity contribution is 7.99. The molecule has 3 aromatic rings. The van der Waals surface area contributed by atoms with Crippen molar-refractivity contribution in [3.05, 3.63) is 66.5 Å². The molecule has 1 aromatic heterocycles. The molecule has 0 unspecified atom stereocenters. The van der Waals surface area contributed by atoms with Crippen LogP contribution in [0.2, 0.25) is 0 Å². The van der Waals surface area contributed by atoms with E-state index in [9.17, 15) is 4.79 Å². The van der Waals surface area contributed by atoms with Gasteiger partial charge in [-0.2, -0.15) is 4.98 Å². The Bertz CT molecular complexity index is 883. The maximum atomic E-state index is 12.5. The molecule has 0 N–H and O–H groups in total. The number of carbonyl (C=O) groups excluding carboxylic acids is 1. The average Bonchev–Trinajstić information content (AvgIpc) is 3.39. The molecule has 1 saturated heterocycles. The predicted molar refractivity (Wildman–Crippen MR) is 105 cm³/mol. The summed E-state index contributed by atoms with van der Waals surface area (Å²) in [7, 11) is 0. The second-order valence-electron chi connectivity index (χ2n) is 6.56. The summed E-state index contributed by atoms with van der Waals surface area (Å²) in [6.45, 7) is 1.43. The van der Waals surface area contributed by atoms with Crippen LogP contribution in [0.5, 0.6) is 0 Å². The molecule has 5 nitrogen and oxygen atoms in total. The summed E-state index contributed by atoms with van der Waals surface area (Å²) in [5.41, 5.74) is 0.917. The number of amides is 1. The van der Waals surface area contributed by atoms with E-state index in [-0.39, 0.29) is 11.8 Å². The second-order valence-corrected chi connectivity index (χ2v) is 7.73. The van der Waals surface area contributed by atoms with E-state index in [1.807, 2.05) is 53.4 Å². The second kappa shape index (κ2) is 8.39. The van der Waals surface area contributed by atoms with Crippen LogP contribution in [-0.4, -0.2) is 39.8 Å². The predicted octanol–water partition coefficient (Wildman–Crippen LogP) is 4.23. The maximum absolute atomic E-state index is 12.5. The lowest BCUT2D eigenvalue weighted by atomic mass is 10.1. The van der Waals surface area contributed by atoms with Gasteiger partial charge in [-0.25, -0.2) is 0 Å². The zero-order chi connectivity index (χ0) is 18.5. The molecule has 0 radical (unpaired) electrons. The number of aromatic nitrogens is 2. The fraction of sp³-hybridized carbons (Fsp3) is 0.286. The topological polar surface area (TPSA) is 59.2 Å². The minimum atomic E-state index is 0.150. The van der Waals surface area contributed by atoms with Crippen molar-refractivity contribution in [2.24, 2.45) is 0 Å². The number of rotatable bonds is 6. The quantitative estimate of drug-likeness (QED) is 0.600. The molecular formula is C21H21N3O2S. The van der Waals surface area contributed by atoms with E-state index >= 15 is 0 Å². The summed E-state index contributed by atoms with van der Waals surface area (Å²) in [5, 5.41) is 4.14. The Morgan fingerprint density at radius 3 is 2.63 bits per heavy atom. The first-order chi connectivity index (χ1) is 13.3. The number of hydrogen-bond acceptors (Lipinski definition) is 5. The van der Waals surface area contributed by atoms with E-state index in [0.29, 0.717) is 24.7 Å². The van der Waals surface area contributed by atoms with Crippen LogP contribution >= 0.6 is 11.8 Å². The maximum Gasteiger partial charge on any atom is 0.257 e. The summed E-state index contributed by atoms with van der Waals surface area (Å²) >= 11 is 1.72. The zero-order valence-electron chi connectivity index (χ0n) is 15.0. The lowest BCUT2D eigenvalue weighted by Crippen LogP contribution is -2.28. The van der Waals surface area contributed by atoms with Crippen LogP contribution in [0.3, 0.4) is 0 Å². The van der Waals surface area contributed by atoms with Gasteiger partial charge < -0.3 is 9.42 Å². The first kappa shape index (κ1) is 17.8. The Kier molecular flexibility index (Phi) is 5.53. The molecule has 0 bridgehead atoms. The third-order valence-corrected chi connectivity index (χ3v) is 5.71. The van der Waals surface area contributed by atoms with Crippen molar-refractivity contribution in [3.8, 4) is 11.5 Å². The van der Waals surface area contributed by atoms with Gasteiger partial charge in [0.05, 0.1) is 0 Å².